The van der Waals surface area contributed by atoms with Crippen molar-refractivity contribution >= 4 is 15.7 Å². The van der Waals surface area contributed by atoms with E-state index in [0.29, 0.717) is 13.2 Å². The third-order valence-electron chi connectivity index (χ3n) is 3.10. The van der Waals surface area contributed by atoms with Crippen LogP contribution in [0.5, 0.6) is 0 Å². The Labute approximate surface area is 102 Å². The van der Waals surface area contributed by atoms with Gasteiger partial charge in [-0.3, -0.25) is 4.31 Å². The van der Waals surface area contributed by atoms with E-state index in [1.165, 1.54) is 10.6 Å². The molecular formula is C12H17NO3S. The Bertz CT molecular complexity index is 498. The second kappa shape index (κ2) is 4.66. The summed E-state index contributed by atoms with van der Waals surface area (Å²) in [7, 11) is -1.52. The summed E-state index contributed by atoms with van der Waals surface area (Å²) in [4.78, 5) is 0. The lowest BCUT2D eigenvalue weighted by Crippen LogP contribution is -2.28. The zero-order chi connectivity index (χ0) is 12.5. The molecule has 94 valence electrons. The summed E-state index contributed by atoms with van der Waals surface area (Å²) in [6.45, 7) is 1.18. The maximum atomic E-state index is 11.7. The number of nitrogens with zero attached hydrogens (tertiary/aromatic N) is 1. The molecule has 0 N–H and O–H groups in total. The lowest BCUT2D eigenvalue weighted by atomic mass is 9.98. The summed E-state index contributed by atoms with van der Waals surface area (Å²) in [6, 6.07) is 7.68. The van der Waals surface area contributed by atoms with E-state index in [4.69, 9.17) is 4.74 Å². The van der Waals surface area contributed by atoms with Crippen LogP contribution in [0.1, 0.15) is 17.9 Å². The van der Waals surface area contributed by atoms with Gasteiger partial charge in [-0.2, -0.15) is 0 Å². The second-order valence-corrected chi connectivity index (χ2v) is 6.24. The number of sulfonamides is 1. The highest BCUT2D eigenvalue weighted by atomic mass is 32.2. The Morgan fingerprint density at radius 3 is 2.76 bits per heavy atom. The fraction of sp³-hybridized carbons (Fsp3) is 0.500. The number of methoxy groups -OCH3 is 1. The van der Waals surface area contributed by atoms with Gasteiger partial charge < -0.3 is 4.74 Å². The van der Waals surface area contributed by atoms with Gasteiger partial charge in [-0.05, 0) is 18.1 Å². The third kappa shape index (κ3) is 2.45. The predicted octanol–water partition coefficient (Wildman–Crippen LogP) is 1.59. The minimum atomic E-state index is -3.18. The van der Waals surface area contributed by atoms with Crippen LogP contribution in [0.4, 0.5) is 5.69 Å². The molecule has 5 heteroatoms. The highest BCUT2D eigenvalue weighted by Crippen LogP contribution is 2.39. The zero-order valence-electron chi connectivity index (χ0n) is 10.1. The van der Waals surface area contributed by atoms with Crippen molar-refractivity contribution < 1.29 is 13.2 Å². The quantitative estimate of drug-likeness (QED) is 0.820. The van der Waals surface area contributed by atoms with E-state index in [1.807, 2.05) is 24.3 Å². The molecule has 1 heterocycles. The molecular weight excluding hydrogens is 238 g/mol. The fourth-order valence-corrected chi connectivity index (χ4v) is 3.25. The van der Waals surface area contributed by atoms with Crippen molar-refractivity contribution in [1.82, 2.24) is 0 Å². The van der Waals surface area contributed by atoms with Crippen LogP contribution in [-0.2, 0) is 14.8 Å². The van der Waals surface area contributed by atoms with Crippen molar-refractivity contribution in [3.63, 3.8) is 0 Å². The molecule has 0 aliphatic carbocycles. The second-order valence-electron chi connectivity index (χ2n) is 4.33. The highest BCUT2D eigenvalue weighted by molar-refractivity contribution is 7.92. The van der Waals surface area contributed by atoms with Crippen LogP contribution in [0.3, 0.4) is 0 Å². The van der Waals surface area contributed by atoms with Gasteiger partial charge in [0.15, 0.2) is 0 Å². The van der Waals surface area contributed by atoms with Crippen molar-refractivity contribution in [3.05, 3.63) is 29.8 Å². The smallest absolute Gasteiger partial charge is 0.232 e. The van der Waals surface area contributed by atoms with Crippen LogP contribution in [0, 0.1) is 0 Å². The van der Waals surface area contributed by atoms with E-state index in [0.717, 1.165) is 17.7 Å². The van der Waals surface area contributed by atoms with Crippen LogP contribution in [0.2, 0.25) is 0 Å². The van der Waals surface area contributed by atoms with Gasteiger partial charge in [-0.1, -0.05) is 18.2 Å². The van der Waals surface area contributed by atoms with Gasteiger partial charge in [0.25, 0.3) is 0 Å². The van der Waals surface area contributed by atoms with Gasteiger partial charge in [-0.25, -0.2) is 8.42 Å². The maximum Gasteiger partial charge on any atom is 0.232 e. The largest absolute Gasteiger partial charge is 0.385 e. The van der Waals surface area contributed by atoms with Crippen LogP contribution >= 0.6 is 0 Å². The first-order chi connectivity index (χ1) is 8.04. The van der Waals surface area contributed by atoms with Gasteiger partial charge >= 0.3 is 0 Å². The molecule has 1 aliphatic heterocycles. The number of anilines is 1. The summed E-state index contributed by atoms with van der Waals surface area (Å²) in [5.41, 5.74) is 1.92. The predicted molar refractivity (Wildman–Crippen MR) is 67.9 cm³/mol. The van der Waals surface area contributed by atoms with E-state index in [-0.39, 0.29) is 5.92 Å². The molecule has 2 rings (SSSR count). The van der Waals surface area contributed by atoms with E-state index >= 15 is 0 Å². The topological polar surface area (TPSA) is 46.6 Å². The SMILES string of the molecule is COCCC1CN(S(C)(=O)=O)c2ccccc21. The summed E-state index contributed by atoms with van der Waals surface area (Å²) < 4.78 is 30.0. The minimum absolute atomic E-state index is 0.237. The third-order valence-corrected chi connectivity index (χ3v) is 4.25. The molecule has 17 heavy (non-hydrogen) atoms. The van der Waals surface area contributed by atoms with Crippen LogP contribution in [-0.4, -0.2) is 34.9 Å². The molecule has 1 atom stereocenters. The molecule has 1 unspecified atom stereocenters. The number of hydrogen-bond acceptors (Lipinski definition) is 3. The maximum absolute atomic E-state index is 11.7. The molecule has 0 saturated heterocycles. The van der Waals surface area contributed by atoms with E-state index < -0.39 is 10.0 Å². The summed E-state index contributed by atoms with van der Waals surface area (Å²) in [6.07, 6.45) is 2.10. The summed E-state index contributed by atoms with van der Waals surface area (Å²) >= 11 is 0. The number of ether oxygens (including phenoxy) is 1. The molecule has 0 saturated carbocycles. The molecule has 0 radical (unpaired) electrons. The van der Waals surface area contributed by atoms with Gasteiger partial charge in [0.1, 0.15) is 0 Å². The van der Waals surface area contributed by atoms with Crippen LogP contribution < -0.4 is 4.31 Å². The van der Waals surface area contributed by atoms with Gasteiger partial charge in [0.05, 0.1) is 11.9 Å². The van der Waals surface area contributed by atoms with Crippen molar-refractivity contribution in [2.24, 2.45) is 0 Å². The Balaban J connectivity index is 2.33. The molecule has 0 fully saturated rings. The van der Waals surface area contributed by atoms with E-state index in [9.17, 15) is 8.42 Å². The molecule has 0 aromatic heterocycles. The van der Waals surface area contributed by atoms with Crippen LogP contribution in [0.25, 0.3) is 0 Å². The van der Waals surface area contributed by atoms with Gasteiger partial charge in [-0.15, -0.1) is 0 Å². The highest BCUT2D eigenvalue weighted by Gasteiger charge is 2.32. The Kier molecular flexibility index (Phi) is 3.40. The molecule has 4 nitrogen and oxygen atoms in total. The van der Waals surface area contributed by atoms with E-state index in [1.54, 1.807) is 7.11 Å². The Hall–Kier alpha value is -1.07. The lowest BCUT2D eigenvalue weighted by molar-refractivity contribution is 0.189. The fourth-order valence-electron chi connectivity index (χ4n) is 2.28. The normalized spacial score (nSPS) is 19.4. The molecule has 1 aliphatic rings. The zero-order valence-corrected chi connectivity index (χ0v) is 10.9. The van der Waals surface area contributed by atoms with Gasteiger partial charge in [0, 0.05) is 26.2 Å². The van der Waals surface area contributed by atoms with Gasteiger partial charge in [0.2, 0.25) is 10.0 Å². The number of hydrogen-bond donors (Lipinski definition) is 0. The standard InChI is InChI=1S/C12H17NO3S/c1-16-8-7-10-9-13(17(2,14)15)12-6-4-3-5-11(10)12/h3-6,10H,7-9H2,1-2H3. The average Bonchev–Trinajstić information content (AvgIpc) is 2.65. The van der Waals surface area contributed by atoms with Crippen molar-refractivity contribution in [3.8, 4) is 0 Å². The number of benzene rings is 1. The van der Waals surface area contributed by atoms with Crippen molar-refractivity contribution in [1.29, 1.82) is 0 Å². The molecule has 0 spiro atoms. The molecule has 1 aromatic rings. The first-order valence-corrected chi connectivity index (χ1v) is 7.44. The minimum Gasteiger partial charge on any atom is -0.385 e. The monoisotopic (exact) mass is 255 g/mol. The van der Waals surface area contributed by atoms with Crippen LogP contribution in [0.15, 0.2) is 24.3 Å². The first-order valence-electron chi connectivity index (χ1n) is 5.59. The molecule has 0 amide bonds. The number of fused-ring (bicyclic) bond motifs is 1. The molecule has 0 bridgehead atoms. The number of para-hydroxylation sites is 1. The Morgan fingerprint density at radius 1 is 1.41 bits per heavy atom. The number of rotatable bonds is 4. The van der Waals surface area contributed by atoms with E-state index in [2.05, 4.69) is 0 Å². The van der Waals surface area contributed by atoms with Crippen molar-refractivity contribution in [2.45, 2.75) is 12.3 Å². The Morgan fingerprint density at radius 2 is 2.12 bits per heavy atom. The average molecular weight is 255 g/mol. The summed E-state index contributed by atoms with van der Waals surface area (Å²) in [5.74, 6) is 0.237. The molecule has 1 aromatic carbocycles. The summed E-state index contributed by atoms with van der Waals surface area (Å²) in [5, 5.41) is 0. The first kappa shape index (κ1) is 12.4. The lowest BCUT2D eigenvalue weighted by Gasteiger charge is -2.16. The van der Waals surface area contributed by atoms with Crippen molar-refractivity contribution in [2.75, 3.05) is 30.8 Å².